The summed E-state index contributed by atoms with van der Waals surface area (Å²) in [6, 6.07) is 63.6. The molecule has 11 aromatic rings. The van der Waals surface area contributed by atoms with Crippen molar-refractivity contribution in [3.05, 3.63) is 198 Å². The summed E-state index contributed by atoms with van der Waals surface area (Å²) in [4.78, 5) is 0. The number of nitrogens with zero attached hydrogens (tertiary/aromatic N) is 1. The molecule has 0 spiro atoms. The number of para-hydroxylation sites is 1. The van der Waals surface area contributed by atoms with Gasteiger partial charge in [-0.25, -0.2) is 0 Å². The van der Waals surface area contributed by atoms with E-state index in [-0.39, 0.29) is 16.2 Å². The van der Waals surface area contributed by atoms with Gasteiger partial charge >= 0.3 is 0 Å². The molecular formula is C64H51BN2O. The third kappa shape index (κ3) is 5.32. The molecule has 9 aromatic carbocycles. The summed E-state index contributed by atoms with van der Waals surface area (Å²) in [7, 11) is 0.759. The van der Waals surface area contributed by atoms with E-state index in [9.17, 15) is 0 Å². The van der Waals surface area contributed by atoms with Gasteiger partial charge in [0, 0.05) is 60.6 Å². The van der Waals surface area contributed by atoms with Crippen LogP contribution in [0.1, 0.15) is 76.3 Å². The lowest BCUT2D eigenvalue weighted by Gasteiger charge is -2.28. The van der Waals surface area contributed by atoms with Crippen molar-refractivity contribution in [1.82, 2.24) is 4.57 Å². The summed E-state index contributed by atoms with van der Waals surface area (Å²) in [6.07, 6.45) is 0. The Labute approximate surface area is 398 Å². The van der Waals surface area contributed by atoms with E-state index in [2.05, 4.69) is 228 Å². The normalized spacial score (nSPS) is 14.8. The molecule has 0 atom stereocenters. The molecule has 2 aromatic heterocycles. The van der Waals surface area contributed by atoms with E-state index in [0.29, 0.717) is 0 Å². The number of hydrogen-bond acceptors (Lipinski definition) is 2. The number of rotatable bonds is 4. The van der Waals surface area contributed by atoms with E-state index in [0.717, 1.165) is 46.3 Å². The maximum Gasteiger partial charge on any atom is 0.198 e. The quantitative estimate of drug-likeness (QED) is 0.179. The van der Waals surface area contributed by atoms with Gasteiger partial charge in [-0.1, -0.05) is 175 Å². The van der Waals surface area contributed by atoms with E-state index in [4.69, 9.17) is 4.42 Å². The van der Waals surface area contributed by atoms with Crippen molar-refractivity contribution in [1.29, 1.82) is 0 Å². The van der Waals surface area contributed by atoms with Crippen LogP contribution in [0.15, 0.2) is 174 Å². The zero-order valence-electron chi connectivity index (χ0n) is 39.7. The van der Waals surface area contributed by atoms with E-state index in [1.54, 1.807) is 0 Å². The lowest BCUT2D eigenvalue weighted by Crippen LogP contribution is -2.38. The fourth-order valence-corrected chi connectivity index (χ4v) is 12.7. The zero-order valence-corrected chi connectivity index (χ0v) is 39.7. The van der Waals surface area contributed by atoms with Crippen LogP contribution in [0.4, 0.5) is 11.4 Å². The van der Waals surface area contributed by atoms with Crippen LogP contribution in [-0.4, -0.2) is 11.8 Å². The van der Waals surface area contributed by atoms with E-state index in [1.165, 1.54) is 105 Å². The summed E-state index contributed by atoms with van der Waals surface area (Å²) < 4.78 is 10.0. The second-order valence-corrected chi connectivity index (χ2v) is 21.8. The predicted molar refractivity (Wildman–Crippen MR) is 289 cm³/mol. The third-order valence-electron chi connectivity index (χ3n) is 16.1. The Balaban J connectivity index is 1.14. The van der Waals surface area contributed by atoms with Gasteiger partial charge in [0.25, 0.3) is 0 Å². The van der Waals surface area contributed by atoms with Gasteiger partial charge in [0.1, 0.15) is 11.2 Å². The van der Waals surface area contributed by atoms with Gasteiger partial charge in [0.05, 0.1) is 11.0 Å². The first-order valence-electron chi connectivity index (χ1n) is 24.3. The first kappa shape index (κ1) is 39.6. The SMILES string of the molecule is CC(C)(C)c1ccc2c(c1)c1c3c(oc4ccccc43)c(-c3cc4c(cc3Nc3cccc(-c5ccccc5)c3)C(C)(C)c3ccccc3-4)c3c1n2-c1cc2c(cc1B3)-c1ccccc1C2(C)C. The molecule has 0 amide bonds. The molecule has 0 saturated heterocycles. The minimum absolute atomic E-state index is 0.0372. The number of benzene rings is 9. The average Bonchev–Trinajstić information content (AvgIpc) is 4.02. The van der Waals surface area contributed by atoms with Crippen LogP contribution in [0.3, 0.4) is 0 Å². The molecule has 0 fully saturated rings. The largest absolute Gasteiger partial charge is 0.455 e. The number of anilines is 2. The lowest BCUT2D eigenvalue weighted by molar-refractivity contribution is 0.591. The van der Waals surface area contributed by atoms with Gasteiger partial charge in [-0.2, -0.15) is 0 Å². The standard InChI is InChI=1S/C64H51BN2O/c1-62(2,3)38-28-29-53-46(31-38)56-57-42-24-13-16-27-55(42)68-61(57)58(59-60(56)67(53)54-35-50-44(33-51(54)65-59)41-23-12-15-26-48(41)64(50,6)7)45-32-43-40-22-11-14-25-47(40)63(4,5)49(43)34-52(45)66-39-21-17-20-37(30-39)36-18-9-8-10-19-36/h8-35,65-66H,1-7H3. The minimum atomic E-state index is -0.194. The van der Waals surface area contributed by atoms with Crippen LogP contribution in [0.5, 0.6) is 0 Å². The summed E-state index contributed by atoms with van der Waals surface area (Å²) >= 11 is 0. The third-order valence-corrected chi connectivity index (χ3v) is 16.1. The Morgan fingerprint density at radius 2 is 1.19 bits per heavy atom. The Hall–Kier alpha value is -7.56. The molecule has 3 aliphatic rings. The van der Waals surface area contributed by atoms with Gasteiger partial charge < -0.3 is 14.3 Å². The highest BCUT2D eigenvalue weighted by atomic mass is 16.3. The van der Waals surface area contributed by atoms with Crippen molar-refractivity contribution in [2.45, 2.75) is 64.7 Å². The number of fused-ring (bicyclic) bond motifs is 15. The van der Waals surface area contributed by atoms with Gasteiger partial charge in [0.15, 0.2) is 7.28 Å². The average molecular weight is 875 g/mol. The molecule has 1 N–H and O–H groups in total. The monoisotopic (exact) mass is 874 g/mol. The van der Waals surface area contributed by atoms with Crippen LogP contribution in [0.25, 0.3) is 93.9 Å². The topological polar surface area (TPSA) is 30.1 Å². The molecule has 0 radical (unpaired) electrons. The fraction of sp³-hybridized carbons (Fsp3) is 0.156. The van der Waals surface area contributed by atoms with Crippen molar-refractivity contribution >= 4 is 73.3 Å². The Bertz CT molecular complexity index is 4010. The summed E-state index contributed by atoms with van der Waals surface area (Å²) in [5.41, 5.74) is 26.7. The number of furan rings is 1. The first-order valence-corrected chi connectivity index (χ1v) is 24.3. The zero-order chi connectivity index (χ0) is 46.0. The molecular weight excluding hydrogens is 824 g/mol. The highest BCUT2D eigenvalue weighted by Gasteiger charge is 2.40. The molecule has 0 saturated carbocycles. The van der Waals surface area contributed by atoms with Crippen molar-refractivity contribution < 1.29 is 4.42 Å². The first-order chi connectivity index (χ1) is 32.9. The van der Waals surface area contributed by atoms with Crippen molar-refractivity contribution in [3.63, 3.8) is 0 Å². The van der Waals surface area contributed by atoms with Crippen LogP contribution in [0.2, 0.25) is 0 Å². The van der Waals surface area contributed by atoms with Gasteiger partial charge in [-0.3, -0.25) is 0 Å². The molecule has 2 aliphatic carbocycles. The molecule has 4 heteroatoms. The summed E-state index contributed by atoms with van der Waals surface area (Å²) in [5, 5.41) is 8.95. The molecule has 14 rings (SSSR count). The maximum absolute atomic E-state index is 7.38. The number of nitrogens with one attached hydrogen (secondary N) is 1. The van der Waals surface area contributed by atoms with Gasteiger partial charge in [0.2, 0.25) is 0 Å². The van der Waals surface area contributed by atoms with E-state index < -0.39 is 0 Å². The maximum atomic E-state index is 7.38. The van der Waals surface area contributed by atoms with E-state index >= 15 is 0 Å². The van der Waals surface area contributed by atoms with Crippen LogP contribution >= 0.6 is 0 Å². The number of aromatic nitrogens is 1. The fourth-order valence-electron chi connectivity index (χ4n) is 12.7. The summed E-state index contributed by atoms with van der Waals surface area (Å²) in [6.45, 7) is 16.5. The lowest BCUT2D eigenvalue weighted by atomic mass is 9.58. The van der Waals surface area contributed by atoms with Crippen LogP contribution in [0, 0.1) is 0 Å². The summed E-state index contributed by atoms with van der Waals surface area (Å²) in [5.74, 6) is 0. The van der Waals surface area contributed by atoms with Crippen LogP contribution in [-0.2, 0) is 16.2 Å². The van der Waals surface area contributed by atoms with Gasteiger partial charge in [-0.05, 0) is 121 Å². The minimum Gasteiger partial charge on any atom is -0.455 e. The molecule has 0 bridgehead atoms. The van der Waals surface area contributed by atoms with Crippen LogP contribution < -0.4 is 16.2 Å². The highest BCUT2D eigenvalue weighted by Crippen LogP contribution is 2.55. The second-order valence-electron chi connectivity index (χ2n) is 21.8. The number of hydrogen-bond donors (Lipinski definition) is 1. The highest BCUT2D eigenvalue weighted by molar-refractivity contribution is 6.74. The Kier molecular flexibility index (Phi) is 7.89. The van der Waals surface area contributed by atoms with Crippen molar-refractivity contribution in [3.8, 4) is 50.2 Å². The Morgan fingerprint density at radius 1 is 0.529 bits per heavy atom. The molecule has 1 aliphatic heterocycles. The molecule has 326 valence electrons. The van der Waals surface area contributed by atoms with E-state index in [1.807, 2.05) is 0 Å². The second kappa shape index (κ2) is 13.5. The smallest absolute Gasteiger partial charge is 0.198 e. The van der Waals surface area contributed by atoms with Crippen molar-refractivity contribution in [2.24, 2.45) is 0 Å². The molecule has 3 nitrogen and oxygen atoms in total. The Morgan fingerprint density at radius 3 is 1.94 bits per heavy atom. The predicted octanol–water partition coefficient (Wildman–Crippen LogP) is 15.4. The molecule has 3 heterocycles. The molecule has 68 heavy (non-hydrogen) atoms. The van der Waals surface area contributed by atoms with Gasteiger partial charge in [-0.15, -0.1) is 0 Å². The molecule has 0 unspecified atom stereocenters. The van der Waals surface area contributed by atoms with Crippen molar-refractivity contribution in [2.75, 3.05) is 5.32 Å².